The van der Waals surface area contributed by atoms with E-state index in [9.17, 15) is 4.79 Å². The van der Waals surface area contributed by atoms with Gasteiger partial charge in [-0.2, -0.15) is 0 Å². The fourth-order valence-electron chi connectivity index (χ4n) is 1.34. The molecule has 0 atom stereocenters. The van der Waals surface area contributed by atoms with E-state index in [1.165, 1.54) is 0 Å². The van der Waals surface area contributed by atoms with Crippen LogP contribution in [0.3, 0.4) is 0 Å². The van der Waals surface area contributed by atoms with Gasteiger partial charge in [-0.15, -0.1) is 0 Å². The Kier molecular flexibility index (Phi) is 4.63. The average Bonchev–Trinajstić information content (AvgIpc) is 2.35. The number of pyridine rings is 1. The molecule has 1 amide bonds. The molecule has 6 nitrogen and oxygen atoms in total. The van der Waals surface area contributed by atoms with E-state index in [4.69, 9.17) is 10.6 Å². The smallest absolute Gasteiger partial charge is 0.251 e. The Morgan fingerprint density at radius 3 is 2.72 bits per heavy atom. The van der Waals surface area contributed by atoms with Gasteiger partial charge in [-0.3, -0.25) is 4.79 Å². The SMILES string of the molecule is COC(C)(C)CNC(=O)c1cc(C)nc(NN)c1. The first-order valence-corrected chi connectivity index (χ1v) is 5.66. The van der Waals surface area contributed by atoms with Crippen LogP contribution in [0.2, 0.25) is 0 Å². The predicted molar refractivity (Wildman–Crippen MR) is 70.2 cm³/mol. The number of hydrogen-bond donors (Lipinski definition) is 3. The molecule has 100 valence electrons. The van der Waals surface area contributed by atoms with Crippen LogP contribution in [0.15, 0.2) is 12.1 Å². The average molecular weight is 252 g/mol. The van der Waals surface area contributed by atoms with E-state index >= 15 is 0 Å². The predicted octanol–water partition coefficient (Wildman–Crippen LogP) is 0.830. The maximum Gasteiger partial charge on any atom is 0.251 e. The molecular formula is C12H20N4O2. The van der Waals surface area contributed by atoms with Crippen molar-refractivity contribution in [3.8, 4) is 0 Å². The molecule has 4 N–H and O–H groups in total. The van der Waals surface area contributed by atoms with Crippen molar-refractivity contribution >= 4 is 11.7 Å². The first-order chi connectivity index (χ1) is 8.38. The van der Waals surface area contributed by atoms with E-state index in [1.54, 1.807) is 26.2 Å². The zero-order valence-corrected chi connectivity index (χ0v) is 11.2. The number of amides is 1. The number of methoxy groups -OCH3 is 1. The van der Waals surface area contributed by atoms with Crippen LogP contribution in [-0.4, -0.2) is 30.1 Å². The number of aryl methyl sites for hydroxylation is 1. The lowest BCUT2D eigenvalue weighted by atomic mass is 10.1. The fourth-order valence-corrected chi connectivity index (χ4v) is 1.34. The Morgan fingerprint density at radius 1 is 1.50 bits per heavy atom. The van der Waals surface area contributed by atoms with Gasteiger partial charge in [0.2, 0.25) is 0 Å². The molecule has 0 aliphatic rings. The Hall–Kier alpha value is -1.66. The molecule has 6 heteroatoms. The summed E-state index contributed by atoms with van der Waals surface area (Å²) in [6.45, 7) is 6.03. The molecule has 0 aliphatic heterocycles. The third kappa shape index (κ3) is 3.97. The van der Waals surface area contributed by atoms with Crippen LogP contribution in [0.4, 0.5) is 5.82 Å². The number of anilines is 1. The number of nitrogens with zero attached hydrogens (tertiary/aromatic N) is 1. The maximum absolute atomic E-state index is 12.0. The van der Waals surface area contributed by atoms with Crippen LogP contribution >= 0.6 is 0 Å². The highest BCUT2D eigenvalue weighted by Gasteiger charge is 2.18. The number of hydrazine groups is 1. The number of rotatable bonds is 5. The van der Waals surface area contributed by atoms with Gasteiger partial charge in [-0.25, -0.2) is 10.8 Å². The lowest BCUT2D eigenvalue weighted by molar-refractivity contribution is 0.0229. The van der Waals surface area contributed by atoms with Crippen molar-refractivity contribution in [1.29, 1.82) is 0 Å². The third-order valence-electron chi connectivity index (χ3n) is 2.59. The van der Waals surface area contributed by atoms with E-state index in [1.807, 2.05) is 13.8 Å². The first kappa shape index (κ1) is 14.4. The van der Waals surface area contributed by atoms with Gasteiger partial charge in [-0.05, 0) is 32.9 Å². The van der Waals surface area contributed by atoms with Crippen molar-refractivity contribution in [1.82, 2.24) is 10.3 Å². The minimum Gasteiger partial charge on any atom is -0.377 e. The minimum absolute atomic E-state index is 0.179. The highest BCUT2D eigenvalue weighted by molar-refractivity contribution is 5.95. The molecule has 0 aromatic carbocycles. The molecular weight excluding hydrogens is 232 g/mol. The number of nitrogens with one attached hydrogen (secondary N) is 2. The molecule has 0 radical (unpaired) electrons. The Balaban J connectivity index is 2.75. The first-order valence-electron chi connectivity index (χ1n) is 5.66. The maximum atomic E-state index is 12.0. The normalized spacial score (nSPS) is 11.2. The van der Waals surface area contributed by atoms with Gasteiger partial charge in [-0.1, -0.05) is 0 Å². The number of carbonyl (C=O) groups is 1. The second kappa shape index (κ2) is 5.79. The van der Waals surface area contributed by atoms with Crippen LogP contribution < -0.4 is 16.6 Å². The van der Waals surface area contributed by atoms with Gasteiger partial charge < -0.3 is 15.5 Å². The number of nitrogens with two attached hydrogens (primary N) is 1. The van der Waals surface area contributed by atoms with Crippen LogP contribution in [0.25, 0.3) is 0 Å². The van der Waals surface area contributed by atoms with Crippen LogP contribution in [0.5, 0.6) is 0 Å². The molecule has 1 aromatic rings. The highest BCUT2D eigenvalue weighted by Crippen LogP contribution is 2.10. The largest absolute Gasteiger partial charge is 0.377 e. The Labute approximate surface area is 107 Å². The molecule has 0 aliphatic carbocycles. The van der Waals surface area contributed by atoms with E-state index < -0.39 is 5.60 Å². The molecule has 1 aromatic heterocycles. The number of aromatic nitrogens is 1. The lowest BCUT2D eigenvalue weighted by Crippen LogP contribution is -2.39. The van der Waals surface area contributed by atoms with Crippen molar-refractivity contribution in [2.75, 3.05) is 19.1 Å². The quantitative estimate of drug-likeness (QED) is 0.533. The van der Waals surface area contributed by atoms with Crippen LogP contribution in [0, 0.1) is 6.92 Å². The standard InChI is InChI=1S/C12H20N4O2/c1-8-5-9(6-10(15-8)16-13)11(17)14-7-12(2,3)18-4/h5-6H,7,13H2,1-4H3,(H,14,17)(H,15,16). The summed E-state index contributed by atoms with van der Waals surface area (Å²) in [4.78, 5) is 16.1. The van der Waals surface area contributed by atoms with E-state index in [0.717, 1.165) is 5.69 Å². The van der Waals surface area contributed by atoms with Crippen molar-refractivity contribution in [2.45, 2.75) is 26.4 Å². The van der Waals surface area contributed by atoms with Crippen molar-refractivity contribution < 1.29 is 9.53 Å². The summed E-state index contributed by atoms with van der Waals surface area (Å²) in [6.07, 6.45) is 0. The third-order valence-corrected chi connectivity index (χ3v) is 2.59. The molecule has 1 heterocycles. The zero-order valence-electron chi connectivity index (χ0n) is 11.2. The van der Waals surface area contributed by atoms with Crippen LogP contribution in [-0.2, 0) is 4.74 Å². The number of ether oxygens (including phenoxy) is 1. The van der Waals surface area contributed by atoms with Gasteiger partial charge in [0.05, 0.1) is 5.60 Å². The summed E-state index contributed by atoms with van der Waals surface area (Å²) in [5.41, 5.74) is 3.27. The summed E-state index contributed by atoms with van der Waals surface area (Å²) in [5.74, 6) is 5.57. The van der Waals surface area contributed by atoms with Gasteiger partial charge in [0.25, 0.3) is 5.91 Å². The van der Waals surface area contributed by atoms with E-state index in [2.05, 4.69) is 15.7 Å². The van der Waals surface area contributed by atoms with Crippen molar-refractivity contribution in [2.24, 2.45) is 5.84 Å². The minimum atomic E-state index is -0.396. The number of hydrogen-bond acceptors (Lipinski definition) is 5. The van der Waals surface area contributed by atoms with Gasteiger partial charge in [0, 0.05) is 24.9 Å². The molecule has 0 spiro atoms. The number of nitrogen functional groups attached to an aromatic ring is 1. The summed E-state index contributed by atoms with van der Waals surface area (Å²) in [5, 5.41) is 2.81. The summed E-state index contributed by atoms with van der Waals surface area (Å²) < 4.78 is 5.23. The van der Waals surface area contributed by atoms with E-state index in [0.29, 0.717) is 17.9 Å². The van der Waals surface area contributed by atoms with E-state index in [-0.39, 0.29) is 5.91 Å². The highest BCUT2D eigenvalue weighted by atomic mass is 16.5. The summed E-state index contributed by atoms with van der Waals surface area (Å²) >= 11 is 0. The monoisotopic (exact) mass is 252 g/mol. The van der Waals surface area contributed by atoms with Gasteiger partial charge >= 0.3 is 0 Å². The fraction of sp³-hybridized carbons (Fsp3) is 0.500. The topological polar surface area (TPSA) is 89.3 Å². The molecule has 0 fully saturated rings. The summed E-state index contributed by atoms with van der Waals surface area (Å²) in [7, 11) is 1.61. The van der Waals surface area contributed by atoms with Crippen molar-refractivity contribution in [3.05, 3.63) is 23.4 Å². The van der Waals surface area contributed by atoms with Gasteiger partial charge in [0.1, 0.15) is 5.82 Å². The van der Waals surface area contributed by atoms with Crippen molar-refractivity contribution in [3.63, 3.8) is 0 Å². The molecule has 1 rings (SSSR count). The Bertz CT molecular complexity index is 432. The second-order valence-corrected chi connectivity index (χ2v) is 4.67. The summed E-state index contributed by atoms with van der Waals surface area (Å²) in [6, 6.07) is 3.30. The number of carbonyl (C=O) groups excluding carboxylic acids is 1. The lowest BCUT2D eigenvalue weighted by Gasteiger charge is -2.23. The second-order valence-electron chi connectivity index (χ2n) is 4.67. The van der Waals surface area contributed by atoms with Crippen LogP contribution in [0.1, 0.15) is 29.9 Å². The molecule has 0 saturated carbocycles. The molecule has 18 heavy (non-hydrogen) atoms. The molecule has 0 saturated heterocycles. The molecule has 0 unspecified atom stereocenters. The van der Waals surface area contributed by atoms with Gasteiger partial charge in [0.15, 0.2) is 0 Å². The molecule has 0 bridgehead atoms. The Morgan fingerprint density at radius 2 is 2.17 bits per heavy atom. The zero-order chi connectivity index (χ0) is 13.8.